The van der Waals surface area contributed by atoms with E-state index >= 15 is 0 Å². The van der Waals surface area contributed by atoms with Gasteiger partial charge >= 0.3 is 0 Å². The first kappa shape index (κ1) is 17.5. The predicted molar refractivity (Wildman–Crippen MR) is 107 cm³/mol. The fraction of sp³-hybridized carbons (Fsp3) is 0.167. The van der Waals surface area contributed by atoms with Crippen LogP contribution >= 0.6 is 23.6 Å². The first-order chi connectivity index (χ1) is 13.1. The summed E-state index contributed by atoms with van der Waals surface area (Å²) in [6.45, 7) is 2.69. The van der Waals surface area contributed by atoms with E-state index in [1.54, 1.807) is 18.2 Å². The molecule has 2 heterocycles. The number of anilines is 1. The Labute approximate surface area is 164 Å². The standard InChI is InChI=1S/C18H15N3O4S2/c1-2-23-11-4-5-12-15(8-11)27-18(19-12)21-17(26)20-16(22)10-3-6-13-14(7-10)25-9-24-13/h3-8H,2,9H2,1H3,(H2,19,20,21,22,26). The summed E-state index contributed by atoms with van der Waals surface area (Å²) in [5, 5.41) is 6.35. The predicted octanol–water partition coefficient (Wildman–Crippen LogP) is 3.55. The van der Waals surface area contributed by atoms with Gasteiger partial charge in [-0.05, 0) is 55.5 Å². The van der Waals surface area contributed by atoms with Gasteiger partial charge < -0.3 is 19.5 Å². The zero-order valence-corrected chi connectivity index (χ0v) is 15.9. The van der Waals surface area contributed by atoms with E-state index in [0.717, 1.165) is 16.0 Å². The summed E-state index contributed by atoms with van der Waals surface area (Å²) in [5.41, 5.74) is 1.25. The van der Waals surface area contributed by atoms with Crippen molar-refractivity contribution < 1.29 is 19.0 Å². The first-order valence-electron chi connectivity index (χ1n) is 8.18. The van der Waals surface area contributed by atoms with Crippen LogP contribution in [0.3, 0.4) is 0 Å². The van der Waals surface area contributed by atoms with E-state index in [-0.39, 0.29) is 17.8 Å². The number of thiocarbonyl (C=S) groups is 1. The van der Waals surface area contributed by atoms with Crippen LogP contribution in [0.25, 0.3) is 10.2 Å². The lowest BCUT2D eigenvalue weighted by Crippen LogP contribution is -2.34. The van der Waals surface area contributed by atoms with E-state index in [0.29, 0.717) is 28.8 Å². The van der Waals surface area contributed by atoms with E-state index in [4.69, 9.17) is 26.4 Å². The molecular formula is C18H15N3O4S2. The molecule has 3 aromatic rings. The smallest absolute Gasteiger partial charge is 0.257 e. The van der Waals surface area contributed by atoms with Crippen LogP contribution in [0.5, 0.6) is 17.2 Å². The van der Waals surface area contributed by atoms with Crippen molar-refractivity contribution in [3.63, 3.8) is 0 Å². The van der Waals surface area contributed by atoms with Gasteiger partial charge in [0.2, 0.25) is 6.79 Å². The van der Waals surface area contributed by atoms with Crippen molar-refractivity contribution in [3.8, 4) is 17.2 Å². The average Bonchev–Trinajstić information content (AvgIpc) is 3.26. The summed E-state index contributed by atoms with van der Waals surface area (Å²) in [4.78, 5) is 16.8. The molecule has 0 radical (unpaired) electrons. The topological polar surface area (TPSA) is 81.7 Å². The summed E-state index contributed by atoms with van der Waals surface area (Å²) in [6, 6.07) is 10.6. The summed E-state index contributed by atoms with van der Waals surface area (Å²) >= 11 is 6.65. The molecule has 0 atom stereocenters. The third-order valence-corrected chi connectivity index (χ3v) is 4.89. The highest BCUT2D eigenvalue weighted by atomic mass is 32.1. The molecule has 0 saturated carbocycles. The minimum atomic E-state index is -0.342. The molecule has 1 aliphatic rings. The molecule has 0 unspecified atom stereocenters. The van der Waals surface area contributed by atoms with Gasteiger partial charge in [-0.3, -0.25) is 10.1 Å². The monoisotopic (exact) mass is 401 g/mol. The molecule has 9 heteroatoms. The normalized spacial score (nSPS) is 12.0. The van der Waals surface area contributed by atoms with Crippen molar-refractivity contribution in [1.29, 1.82) is 0 Å². The molecule has 2 aromatic carbocycles. The van der Waals surface area contributed by atoms with E-state index < -0.39 is 0 Å². The number of rotatable bonds is 4. The second kappa shape index (κ2) is 7.37. The van der Waals surface area contributed by atoms with Crippen LogP contribution in [0.15, 0.2) is 36.4 Å². The largest absolute Gasteiger partial charge is 0.494 e. The quantitative estimate of drug-likeness (QED) is 0.647. The van der Waals surface area contributed by atoms with E-state index in [2.05, 4.69) is 15.6 Å². The third kappa shape index (κ3) is 3.79. The van der Waals surface area contributed by atoms with Gasteiger partial charge in [-0.25, -0.2) is 4.98 Å². The zero-order valence-electron chi connectivity index (χ0n) is 14.3. The number of hydrogen-bond donors (Lipinski definition) is 2. The number of nitrogens with one attached hydrogen (secondary N) is 2. The number of carbonyl (C=O) groups excluding carboxylic acids is 1. The third-order valence-electron chi connectivity index (χ3n) is 3.75. The molecule has 0 spiro atoms. The van der Waals surface area contributed by atoms with Crippen LogP contribution in [-0.2, 0) is 0 Å². The Balaban J connectivity index is 1.43. The summed E-state index contributed by atoms with van der Waals surface area (Å²) in [5.74, 6) is 1.61. The molecule has 1 amide bonds. The average molecular weight is 401 g/mol. The highest BCUT2D eigenvalue weighted by Crippen LogP contribution is 2.32. The molecule has 7 nitrogen and oxygen atoms in total. The lowest BCUT2D eigenvalue weighted by Gasteiger charge is -2.07. The molecule has 1 aromatic heterocycles. The van der Waals surface area contributed by atoms with Crippen molar-refractivity contribution in [2.24, 2.45) is 0 Å². The van der Waals surface area contributed by atoms with Crippen LogP contribution in [0.4, 0.5) is 5.13 Å². The molecule has 0 fully saturated rings. The van der Waals surface area contributed by atoms with Crippen molar-refractivity contribution in [2.45, 2.75) is 6.92 Å². The van der Waals surface area contributed by atoms with E-state index in [1.807, 2.05) is 25.1 Å². The van der Waals surface area contributed by atoms with Gasteiger partial charge in [0, 0.05) is 5.56 Å². The van der Waals surface area contributed by atoms with E-state index in [1.165, 1.54) is 11.3 Å². The van der Waals surface area contributed by atoms with Crippen molar-refractivity contribution in [3.05, 3.63) is 42.0 Å². The number of thiazole rings is 1. The fourth-order valence-corrected chi connectivity index (χ4v) is 3.71. The summed E-state index contributed by atoms with van der Waals surface area (Å²) < 4.78 is 17.0. The molecular weight excluding hydrogens is 386 g/mol. The summed E-state index contributed by atoms with van der Waals surface area (Å²) in [6.07, 6.45) is 0. The molecule has 2 N–H and O–H groups in total. The van der Waals surface area contributed by atoms with Gasteiger partial charge in [0.05, 0.1) is 16.8 Å². The number of fused-ring (bicyclic) bond motifs is 2. The lowest BCUT2D eigenvalue weighted by molar-refractivity contribution is 0.0977. The highest BCUT2D eigenvalue weighted by molar-refractivity contribution is 7.80. The van der Waals surface area contributed by atoms with E-state index in [9.17, 15) is 4.79 Å². The van der Waals surface area contributed by atoms with Gasteiger partial charge in [0.25, 0.3) is 5.91 Å². The van der Waals surface area contributed by atoms with Gasteiger partial charge in [-0.1, -0.05) is 11.3 Å². The molecule has 27 heavy (non-hydrogen) atoms. The van der Waals surface area contributed by atoms with Crippen LogP contribution in [0, 0.1) is 0 Å². The Morgan fingerprint density at radius 3 is 2.96 bits per heavy atom. The Hall–Kier alpha value is -2.91. The number of ether oxygens (including phenoxy) is 3. The Bertz CT molecular complexity index is 1030. The van der Waals surface area contributed by atoms with Gasteiger partial charge in [-0.2, -0.15) is 0 Å². The second-order valence-electron chi connectivity index (χ2n) is 5.56. The fourth-order valence-electron chi connectivity index (χ4n) is 2.56. The number of benzene rings is 2. The zero-order chi connectivity index (χ0) is 18.8. The maximum absolute atomic E-state index is 12.4. The first-order valence-corrected chi connectivity index (χ1v) is 9.40. The van der Waals surface area contributed by atoms with Crippen LogP contribution in [0.2, 0.25) is 0 Å². The van der Waals surface area contributed by atoms with Crippen molar-refractivity contribution in [2.75, 3.05) is 18.7 Å². The number of amides is 1. The molecule has 138 valence electrons. The minimum Gasteiger partial charge on any atom is -0.494 e. The maximum Gasteiger partial charge on any atom is 0.257 e. The molecule has 0 saturated heterocycles. The molecule has 1 aliphatic heterocycles. The molecule has 0 bridgehead atoms. The summed E-state index contributed by atoms with van der Waals surface area (Å²) in [7, 11) is 0. The lowest BCUT2D eigenvalue weighted by atomic mass is 10.2. The minimum absolute atomic E-state index is 0.156. The van der Waals surface area contributed by atoms with Crippen LogP contribution < -0.4 is 24.8 Å². The Morgan fingerprint density at radius 1 is 1.26 bits per heavy atom. The van der Waals surface area contributed by atoms with Crippen LogP contribution in [-0.4, -0.2) is 29.4 Å². The SMILES string of the molecule is CCOc1ccc2nc(NC(=S)NC(=O)c3ccc4c(c3)OCO4)sc2c1. The van der Waals surface area contributed by atoms with Gasteiger partial charge in [0.15, 0.2) is 21.7 Å². The second-order valence-corrected chi connectivity index (χ2v) is 7.00. The highest BCUT2D eigenvalue weighted by Gasteiger charge is 2.17. The maximum atomic E-state index is 12.4. The number of nitrogens with zero attached hydrogens (tertiary/aromatic N) is 1. The Kier molecular flexibility index (Phi) is 4.78. The van der Waals surface area contributed by atoms with Crippen molar-refractivity contribution >= 4 is 49.9 Å². The molecule has 4 rings (SSSR count). The number of carbonyl (C=O) groups is 1. The van der Waals surface area contributed by atoms with Crippen molar-refractivity contribution in [1.82, 2.24) is 10.3 Å². The van der Waals surface area contributed by atoms with Gasteiger partial charge in [0.1, 0.15) is 5.75 Å². The number of aromatic nitrogens is 1. The Morgan fingerprint density at radius 2 is 2.11 bits per heavy atom. The van der Waals surface area contributed by atoms with Crippen LogP contribution in [0.1, 0.15) is 17.3 Å². The van der Waals surface area contributed by atoms with Gasteiger partial charge in [-0.15, -0.1) is 0 Å². The number of hydrogen-bond acceptors (Lipinski definition) is 7. The molecule has 0 aliphatic carbocycles.